The lowest BCUT2D eigenvalue weighted by molar-refractivity contribution is -0.115. The summed E-state index contributed by atoms with van der Waals surface area (Å²) in [5.74, 6) is -0.654. The Morgan fingerprint density at radius 2 is 1.86 bits per heavy atom. The molecule has 0 aliphatic carbocycles. The minimum Gasteiger partial charge on any atom is -0.300 e. The minimum absolute atomic E-state index is 0.204. The number of carbonyl (C=O) groups excluding carboxylic acids is 1. The fraction of sp³-hybridized carbons (Fsp3) is 0. The van der Waals surface area contributed by atoms with Crippen molar-refractivity contribution in [2.45, 2.75) is 0 Å². The van der Waals surface area contributed by atoms with Crippen LogP contribution in [0.5, 0.6) is 0 Å². The fourth-order valence-electron chi connectivity index (χ4n) is 1.84. The molecule has 0 unspecified atom stereocenters. The second kappa shape index (κ2) is 6.46. The summed E-state index contributed by atoms with van der Waals surface area (Å²) in [7, 11) is 0. The molecule has 3 rings (SSSR count). The van der Waals surface area contributed by atoms with Crippen LogP contribution in [-0.2, 0) is 4.79 Å². The molecule has 0 atom stereocenters. The van der Waals surface area contributed by atoms with E-state index in [-0.39, 0.29) is 11.6 Å². The number of hydrogen-bond donors (Lipinski definition) is 1. The van der Waals surface area contributed by atoms with Crippen molar-refractivity contribution in [2.75, 3.05) is 0 Å². The molecular weight excluding hydrogens is 367 g/mol. The number of halogens is 2. The Hall–Kier alpha value is -1.92. The molecule has 22 heavy (non-hydrogen) atoms. The predicted octanol–water partition coefficient (Wildman–Crippen LogP) is 4.48. The number of thioether (sulfide) groups is 1. The van der Waals surface area contributed by atoms with E-state index in [2.05, 4.69) is 26.2 Å². The molecule has 0 radical (unpaired) electrons. The molecular formula is C16H10BrFN2OS. The van der Waals surface area contributed by atoms with Crippen LogP contribution in [0.25, 0.3) is 6.08 Å². The first kappa shape index (κ1) is 15.0. The summed E-state index contributed by atoms with van der Waals surface area (Å²) in [6.07, 6.45) is 1.77. The van der Waals surface area contributed by atoms with E-state index in [1.54, 1.807) is 24.3 Å². The summed E-state index contributed by atoms with van der Waals surface area (Å²) in [5, 5.41) is 3.01. The van der Waals surface area contributed by atoms with E-state index in [4.69, 9.17) is 0 Å². The molecule has 6 heteroatoms. The lowest BCUT2D eigenvalue weighted by atomic mass is 10.2. The fourth-order valence-corrected chi connectivity index (χ4v) is 2.94. The lowest BCUT2D eigenvalue weighted by Gasteiger charge is -1.97. The third-order valence-corrected chi connectivity index (χ3v) is 4.33. The minimum atomic E-state index is -0.421. The smallest absolute Gasteiger partial charge is 0.264 e. The van der Waals surface area contributed by atoms with Gasteiger partial charge in [-0.3, -0.25) is 4.79 Å². The van der Waals surface area contributed by atoms with Crippen LogP contribution in [0.1, 0.15) is 5.56 Å². The Kier molecular flexibility index (Phi) is 4.40. The highest BCUT2D eigenvalue weighted by Gasteiger charge is 2.24. The van der Waals surface area contributed by atoms with E-state index in [1.165, 1.54) is 17.8 Å². The normalized spacial score (nSPS) is 18.0. The van der Waals surface area contributed by atoms with Gasteiger partial charge < -0.3 is 5.32 Å². The summed E-state index contributed by atoms with van der Waals surface area (Å²) in [5.41, 5.74) is 1.11. The van der Waals surface area contributed by atoms with Crippen molar-refractivity contribution >= 4 is 50.5 Å². The van der Waals surface area contributed by atoms with Crippen LogP contribution < -0.4 is 5.32 Å². The van der Waals surface area contributed by atoms with Gasteiger partial charge in [0.05, 0.1) is 4.91 Å². The molecule has 2 aromatic rings. The van der Waals surface area contributed by atoms with Gasteiger partial charge in [0.1, 0.15) is 11.5 Å². The molecule has 0 aromatic heterocycles. The first-order chi connectivity index (χ1) is 10.6. The number of carbonyl (C=O) groups is 1. The van der Waals surface area contributed by atoms with Gasteiger partial charge in [-0.25, -0.2) is 9.38 Å². The molecule has 3 nitrogen and oxygen atoms in total. The van der Waals surface area contributed by atoms with E-state index in [1.807, 2.05) is 24.3 Å². The topological polar surface area (TPSA) is 41.5 Å². The van der Waals surface area contributed by atoms with E-state index in [0.29, 0.717) is 10.1 Å². The molecule has 2 aromatic carbocycles. The number of rotatable bonds is 2. The first-order valence-electron chi connectivity index (χ1n) is 6.41. The average Bonchev–Trinajstić information content (AvgIpc) is 2.84. The maximum atomic E-state index is 13.6. The third-order valence-electron chi connectivity index (χ3n) is 2.89. The van der Waals surface area contributed by atoms with Gasteiger partial charge in [-0.05, 0) is 47.7 Å². The summed E-state index contributed by atoms with van der Waals surface area (Å²) >= 11 is 4.56. The van der Waals surface area contributed by atoms with Gasteiger partial charge >= 0.3 is 0 Å². The first-order valence-corrected chi connectivity index (χ1v) is 8.02. The Labute approximate surface area is 139 Å². The van der Waals surface area contributed by atoms with Crippen molar-refractivity contribution in [2.24, 2.45) is 4.99 Å². The summed E-state index contributed by atoms with van der Waals surface area (Å²) in [6, 6.07) is 13.8. The molecule has 1 aliphatic rings. The van der Waals surface area contributed by atoms with Crippen LogP contribution >= 0.6 is 27.7 Å². The molecule has 0 bridgehead atoms. The summed E-state index contributed by atoms with van der Waals surface area (Å²) in [6.45, 7) is 0. The van der Waals surface area contributed by atoms with E-state index >= 15 is 0 Å². The van der Waals surface area contributed by atoms with Gasteiger partial charge in [0.25, 0.3) is 5.91 Å². The molecule has 1 fully saturated rings. The molecule has 1 saturated heterocycles. The number of nitrogens with one attached hydrogen (secondary N) is 1. The zero-order chi connectivity index (χ0) is 15.5. The standard InChI is InChI=1S/C16H10BrFN2OS/c17-11-7-5-10(6-8-11)9-14-15(21)20-16(22-14)19-13-4-2-1-3-12(13)18/h1-9H,(H,19,20,21). The summed E-state index contributed by atoms with van der Waals surface area (Å²) < 4.78 is 14.5. The Morgan fingerprint density at radius 1 is 1.14 bits per heavy atom. The molecule has 0 saturated carbocycles. The number of para-hydroxylation sites is 1. The monoisotopic (exact) mass is 376 g/mol. The number of amidine groups is 1. The number of nitrogens with zero attached hydrogens (tertiary/aromatic N) is 1. The summed E-state index contributed by atoms with van der Waals surface area (Å²) in [4.78, 5) is 16.6. The third kappa shape index (κ3) is 3.45. The second-order valence-electron chi connectivity index (χ2n) is 4.48. The second-order valence-corrected chi connectivity index (χ2v) is 6.43. The highest BCUT2D eigenvalue weighted by molar-refractivity contribution is 9.10. The van der Waals surface area contributed by atoms with Gasteiger partial charge in [0.15, 0.2) is 5.17 Å². The van der Waals surface area contributed by atoms with Gasteiger partial charge in [-0.2, -0.15) is 0 Å². The van der Waals surface area contributed by atoms with E-state index in [0.717, 1.165) is 10.0 Å². The average molecular weight is 377 g/mol. The van der Waals surface area contributed by atoms with Crippen molar-refractivity contribution < 1.29 is 9.18 Å². The van der Waals surface area contributed by atoms with Crippen LogP contribution in [0.15, 0.2) is 62.9 Å². The highest BCUT2D eigenvalue weighted by atomic mass is 79.9. The van der Waals surface area contributed by atoms with Gasteiger partial charge in [0, 0.05) is 4.47 Å². The Balaban J connectivity index is 1.84. The zero-order valence-electron chi connectivity index (χ0n) is 11.2. The van der Waals surface area contributed by atoms with Gasteiger partial charge in [-0.15, -0.1) is 0 Å². The predicted molar refractivity (Wildman–Crippen MR) is 91.3 cm³/mol. The molecule has 110 valence electrons. The largest absolute Gasteiger partial charge is 0.300 e. The molecule has 1 N–H and O–H groups in total. The van der Waals surface area contributed by atoms with Crippen molar-refractivity contribution in [3.8, 4) is 0 Å². The maximum Gasteiger partial charge on any atom is 0.264 e. The van der Waals surface area contributed by atoms with Crippen molar-refractivity contribution in [1.29, 1.82) is 0 Å². The highest BCUT2D eigenvalue weighted by Crippen LogP contribution is 2.29. The van der Waals surface area contributed by atoms with Gasteiger partial charge in [0.2, 0.25) is 0 Å². The van der Waals surface area contributed by atoms with Crippen LogP contribution in [0.4, 0.5) is 10.1 Å². The number of benzene rings is 2. The maximum absolute atomic E-state index is 13.6. The van der Waals surface area contributed by atoms with Crippen LogP contribution in [-0.4, -0.2) is 11.1 Å². The van der Waals surface area contributed by atoms with Crippen molar-refractivity contribution in [3.05, 3.63) is 69.3 Å². The number of hydrogen-bond acceptors (Lipinski definition) is 3. The number of amides is 1. The SMILES string of the molecule is O=C1NC(=Nc2ccccc2F)SC1=Cc1ccc(Br)cc1. The van der Waals surface area contributed by atoms with E-state index < -0.39 is 5.82 Å². The lowest BCUT2D eigenvalue weighted by Crippen LogP contribution is -2.19. The molecule has 1 amide bonds. The quantitative estimate of drug-likeness (QED) is 0.785. The Morgan fingerprint density at radius 3 is 2.59 bits per heavy atom. The van der Waals surface area contributed by atoms with E-state index in [9.17, 15) is 9.18 Å². The van der Waals surface area contributed by atoms with Crippen LogP contribution in [0.2, 0.25) is 0 Å². The molecule has 1 heterocycles. The van der Waals surface area contributed by atoms with Crippen molar-refractivity contribution in [3.63, 3.8) is 0 Å². The molecule has 1 aliphatic heterocycles. The zero-order valence-corrected chi connectivity index (χ0v) is 13.6. The van der Waals surface area contributed by atoms with Gasteiger partial charge in [-0.1, -0.05) is 40.2 Å². The molecule has 0 spiro atoms. The number of aliphatic imine (C=N–C) groups is 1. The Bertz CT molecular complexity index is 787. The van der Waals surface area contributed by atoms with Crippen molar-refractivity contribution in [1.82, 2.24) is 5.32 Å². The van der Waals surface area contributed by atoms with Crippen LogP contribution in [0.3, 0.4) is 0 Å². The van der Waals surface area contributed by atoms with Crippen LogP contribution in [0, 0.1) is 5.82 Å².